The molecule has 1 atom stereocenters. The van der Waals surface area contributed by atoms with Gasteiger partial charge >= 0.3 is 0 Å². The molecule has 1 amide bonds. The zero-order valence-electron chi connectivity index (χ0n) is 14.0. The number of nitrogens with zero attached hydrogens (tertiary/aromatic N) is 4. The third-order valence-electron chi connectivity index (χ3n) is 4.16. The standard InChI is InChI=1S/C16H21N5O3S/c1-2-17-25(23,24)14-8-9-20(11-14)16(22)15-12-21(19-18-15)10-13-6-4-3-5-7-13/h3-7,12,14,17H,2,8-11H2,1H3. The quantitative estimate of drug-likeness (QED) is 0.805. The number of sulfonamides is 1. The first-order valence-electron chi connectivity index (χ1n) is 8.21. The minimum absolute atomic E-state index is 0.180. The molecule has 0 radical (unpaired) electrons. The van der Waals surface area contributed by atoms with Gasteiger partial charge in [-0.05, 0) is 12.0 Å². The van der Waals surface area contributed by atoms with Crippen LogP contribution in [0.15, 0.2) is 36.5 Å². The smallest absolute Gasteiger partial charge is 0.276 e. The molecule has 1 aromatic carbocycles. The third kappa shape index (κ3) is 4.05. The van der Waals surface area contributed by atoms with Gasteiger partial charge in [-0.1, -0.05) is 42.5 Å². The molecule has 1 unspecified atom stereocenters. The summed E-state index contributed by atoms with van der Waals surface area (Å²) in [4.78, 5) is 14.1. The summed E-state index contributed by atoms with van der Waals surface area (Å²) < 4.78 is 28.2. The zero-order valence-corrected chi connectivity index (χ0v) is 14.8. The molecule has 2 aromatic rings. The lowest BCUT2D eigenvalue weighted by Gasteiger charge is -2.15. The Kier molecular flexibility index (Phi) is 5.14. The highest BCUT2D eigenvalue weighted by atomic mass is 32.2. The number of carbonyl (C=O) groups is 1. The van der Waals surface area contributed by atoms with Crippen LogP contribution in [0.1, 0.15) is 29.4 Å². The van der Waals surface area contributed by atoms with Gasteiger partial charge in [-0.15, -0.1) is 5.10 Å². The lowest BCUT2D eigenvalue weighted by molar-refractivity contribution is 0.0787. The van der Waals surface area contributed by atoms with Crippen LogP contribution in [-0.4, -0.2) is 59.1 Å². The summed E-state index contributed by atoms with van der Waals surface area (Å²) in [5.74, 6) is -0.284. The highest BCUT2D eigenvalue weighted by molar-refractivity contribution is 7.90. The Balaban J connectivity index is 1.64. The van der Waals surface area contributed by atoms with Crippen LogP contribution in [0.5, 0.6) is 0 Å². The first kappa shape index (κ1) is 17.6. The molecule has 1 aromatic heterocycles. The SMILES string of the molecule is CCNS(=O)(=O)C1CCN(C(=O)c2cn(Cc3ccccc3)nn2)C1. The van der Waals surface area contributed by atoms with E-state index in [0.29, 0.717) is 26.1 Å². The van der Waals surface area contributed by atoms with Crippen molar-refractivity contribution in [3.8, 4) is 0 Å². The van der Waals surface area contributed by atoms with Crippen LogP contribution in [0.2, 0.25) is 0 Å². The van der Waals surface area contributed by atoms with Gasteiger partial charge in [0, 0.05) is 19.6 Å². The van der Waals surface area contributed by atoms with E-state index in [1.165, 1.54) is 4.90 Å². The summed E-state index contributed by atoms with van der Waals surface area (Å²) >= 11 is 0. The van der Waals surface area contributed by atoms with E-state index in [9.17, 15) is 13.2 Å². The highest BCUT2D eigenvalue weighted by Gasteiger charge is 2.35. The molecule has 0 spiro atoms. The third-order valence-corrected chi connectivity index (χ3v) is 6.12. The maximum atomic E-state index is 12.5. The average Bonchev–Trinajstić information content (AvgIpc) is 3.25. The number of nitrogens with one attached hydrogen (secondary N) is 1. The Morgan fingerprint density at radius 2 is 2.08 bits per heavy atom. The van der Waals surface area contributed by atoms with E-state index in [2.05, 4.69) is 15.0 Å². The van der Waals surface area contributed by atoms with E-state index in [1.54, 1.807) is 17.8 Å². The monoisotopic (exact) mass is 363 g/mol. The van der Waals surface area contributed by atoms with Gasteiger partial charge in [0.05, 0.1) is 18.0 Å². The fourth-order valence-electron chi connectivity index (χ4n) is 2.89. The summed E-state index contributed by atoms with van der Waals surface area (Å²) in [6.45, 7) is 3.19. The second-order valence-corrected chi connectivity index (χ2v) is 8.04. The van der Waals surface area contributed by atoms with Crippen molar-refractivity contribution in [3.05, 3.63) is 47.8 Å². The number of likely N-dealkylation sites (tertiary alicyclic amines) is 1. The Hall–Kier alpha value is -2.26. The van der Waals surface area contributed by atoms with Crippen molar-refractivity contribution < 1.29 is 13.2 Å². The van der Waals surface area contributed by atoms with Crippen LogP contribution in [0.3, 0.4) is 0 Å². The van der Waals surface area contributed by atoms with Crippen molar-refractivity contribution in [1.29, 1.82) is 0 Å². The van der Waals surface area contributed by atoms with Gasteiger partial charge in [0.2, 0.25) is 10.0 Å². The van der Waals surface area contributed by atoms with Gasteiger partial charge in [-0.25, -0.2) is 17.8 Å². The number of amides is 1. The number of hydrogen-bond acceptors (Lipinski definition) is 5. The van der Waals surface area contributed by atoms with E-state index in [0.717, 1.165) is 5.56 Å². The van der Waals surface area contributed by atoms with Gasteiger partial charge in [-0.2, -0.15) is 0 Å². The Morgan fingerprint density at radius 3 is 2.80 bits per heavy atom. The number of benzene rings is 1. The summed E-state index contributed by atoms with van der Waals surface area (Å²) in [7, 11) is -3.38. The Morgan fingerprint density at radius 1 is 1.32 bits per heavy atom. The molecule has 25 heavy (non-hydrogen) atoms. The highest BCUT2D eigenvalue weighted by Crippen LogP contribution is 2.18. The predicted molar refractivity (Wildman–Crippen MR) is 92.5 cm³/mol. The molecule has 134 valence electrons. The summed E-state index contributed by atoms with van der Waals surface area (Å²) in [6.07, 6.45) is 2.03. The zero-order chi connectivity index (χ0) is 17.9. The molecule has 1 fully saturated rings. The fraction of sp³-hybridized carbons (Fsp3) is 0.438. The van der Waals surface area contributed by atoms with E-state index in [-0.39, 0.29) is 18.1 Å². The average molecular weight is 363 g/mol. The molecular formula is C16H21N5O3S. The molecule has 1 saturated heterocycles. The molecule has 0 aliphatic carbocycles. The van der Waals surface area contributed by atoms with Crippen LogP contribution in [0, 0.1) is 0 Å². The second kappa shape index (κ2) is 7.32. The molecule has 1 aliphatic heterocycles. The van der Waals surface area contributed by atoms with Crippen LogP contribution in [-0.2, 0) is 16.6 Å². The summed E-state index contributed by atoms with van der Waals surface area (Å²) in [5.41, 5.74) is 1.29. The fourth-order valence-corrected chi connectivity index (χ4v) is 4.32. The molecular weight excluding hydrogens is 342 g/mol. The number of rotatable bonds is 6. The van der Waals surface area contributed by atoms with Gasteiger partial charge in [-0.3, -0.25) is 4.79 Å². The van der Waals surface area contributed by atoms with Gasteiger partial charge < -0.3 is 4.90 Å². The molecule has 3 rings (SSSR count). The van der Waals surface area contributed by atoms with Crippen LogP contribution in [0.4, 0.5) is 0 Å². The lowest BCUT2D eigenvalue weighted by Crippen LogP contribution is -2.37. The first-order valence-corrected chi connectivity index (χ1v) is 9.76. The minimum Gasteiger partial charge on any atom is -0.336 e. The number of carbonyl (C=O) groups excluding carboxylic acids is 1. The molecule has 0 bridgehead atoms. The molecule has 9 heteroatoms. The van der Waals surface area contributed by atoms with Gasteiger partial charge in [0.25, 0.3) is 5.91 Å². The molecule has 8 nitrogen and oxygen atoms in total. The molecule has 0 saturated carbocycles. The van der Waals surface area contributed by atoms with Crippen molar-refractivity contribution in [3.63, 3.8) is 0 Å². The van der Waals surface area contributed by atoms with Crippen molar-refractivity contribution in [2.45, 2.75) is 25.1 Å². The van der Waals surface area contributed by atoms with Crippen LogP contribution >= 0.6 is 0 Å². The van der Waals surface area contributed by atoms with Gasteiger partial charge in [0.1, 0.15) is 0 Å². The van der Waals surface area contributed by atoms with Crippen molar-refractivity contribution in [2.75, 3.05) is 19.6 Å². The Bertz CT molecular complexity index is 834. The normalized spacial score (nSPS) is 17.8. The second-order valence-electron chi connectivity index (χ2n) is 5.99. The lowest BCUT2D eigenvalue weighted by atomic mass is 10.2. The Labute approximate surface area is 146 Å². The van der Waals surface area contributed by atoms with Crippen LogP contribution in [0.25, 0.3) is 0 Å². The predicted octanol–water partition coefficient (Wildman–Crippen LogP) is 0.480. The van der Waals surface area contributed by atoms with E-state index in [4.69, 9.17) is 0 Å². The van der Waals surface area contributed by atoms with Crippen molar-refractivity contribution in [1.82, 2.24) is 24.6 Å². The minimum atomic E-state index is -3.38. The van der Waals surface area contributed by atoms with E-state index >= 15 is 0 Å². The van der Waals surface area contributed by atoms with E-state index in [1.807, 2.05) is 30.3 Å². The summed E-state index contributed by atoms with van der Waals surface area (Å²) in [6, 6.07) is 9.76. The largest absolute Gasteiger partial charge is 0.336 e. The molecule has 1 N–H and O–H groups in total. The first-order chi connectivity index (χ1) is 12.0. The van der Waals surface area contributed by atoms with Crippen molar-refractivity contribution in [2.24, 2.45) is 0 Å². The van der Waals surface area contributed by atoms with E-state index < -0.39 is 15.3 Å². The maximum Gasteiger partial charge on any atom is 0.276 e. The topological polar surface area (TPSA) is 97.2 Å². The number of hydrogen-bond donors (Lipinski definition) is 1. The maximum absolute atomic E-state index is 12.5. The molecule has 1 aliphatic rings. The number of aromatic nitrogens is 3. The summed E-state index contributed by atoms with van der Waals surface area (Å²) in [5, 5.41) is 7.35. The van der Waals surface area contributed by atoms with Gasteiger partial charge in [0.15, 0.2) is 5.69 Å². The van der Waals surface area contributed by atoms with Crippen LogP contribution < -0.4 is 4.72 Å². The van der Waals surface area contributed by atoms with Crippen molar-refractivity contribution >= 4 is 15.9 Å². The molecule has 2 heterocycles.